The Labute approximate surface area is 166 Å². The highest BCUT2D eigenvalue weighted by atomic mass is 16.6. The van der Waals surface area contributed by atoms with Crippen LogP contribution in [0.2, 0.25) is 0 Å². The molecule has 4 heterocycles. The van der Waals surface area contributed by atoms with E-state index in [1.54, 1.807) is 10.9 Å². The molecule has 12 nitrogen and oxygen atoms in total. The Morgan fingerprint density at radius 2 is 2.24 bits per heavy atom. The molecular formula is C17H23N7O5. The molecule has 2 saturated heterocycles. The molecule has 0 aliphatic carbocycles. The lowest BCUT2D eigenvalue weighted by atomic mass is 10.0. The number of hydrogen-bond acceptors (Lipinski definition) is 8. The number of rotatable bonds is 4. The summed E-state index contributed by atoms with van der Waals surface area (Å²) in [5, 5.41) is 33.2. The van der Waals surface area contributed by atoms with Gasteiger partial charge >= 0.3 is 5.65 Å². The Balaban J connectivity index is 0.000000552. The van der Waals surface area contributed by atoms with Crippen LogP contribution in [-0.2, 0) is 9.47 Å². The zero-order valence-corrected chi connectivity index (χ0v) is 15.9. The molecule has 5 atom stereocenters. The van der Waals surface area contributed by atoms with E-state index in [2.05, 4.69) is 31.6 Å². The van der Waals surface area contributed by atoms with Crippen molar-refractivity contribution >= 4 is 11.2 Å². The largest absolute Gasteiger partial charge is 0.876 e. The molecule has 0 bridgehead atoms. The third-order valence-corrected chi connectivity index (χ3v) is 4.70. The topological polar surface area (TPSA) is 176 Å². The fourth-order valence-corrected chi connectivity index (χ4v) is 3.40. The summed E-state index contributed by atoms with van der Waals surface area (Å²) in [4.78, 5) is 14.5. The molecule has 12 heteroatoms. The second kappa shape index (κ2) is 9.16. The monoisotopic (exact) mass is 405 g/mol. The Hall–Kier alpha value is -2.76. The van der Waals surface area contributed by atoms with Crippen LogP contribution in [0.5, 0.6) is 0 Å². The number of nitrogens with zero attached hydrogens (tertiary/aromatic N) is 6. The molecule has 4 rings (SSSR count). The SMILES string of the molecule is C=C(C)[O-].[N-]=[N+]=NC[C@H]1O[C@@H]([n+]2c[nH]c3c(C4CCOC4)ncnc32)[C@@H](O)[C@H]1O. The van der Waals surface area contributed by atoms with Gasteiger partial charge in [0, 0.05) is 17.4 Å². The van der Waals surface area contributed by atoms with Crippen molar-refractivity contribution in [3.63, 3.8) is 0 Å². The minimum absolute atomic E-state index is 0.0617. The molecule has 0 spiro atoms. The van der Waals surface area contributed by atoms with Crippen LogP contribution >= 0.6 is 0 Å². The molecule has 2 aromatic heterocycles. The molecule has 2 aromatic rings. The lowest BCUT2D eigenvalue weighted by molar-refractivity contribution is -0.745. The number of fused-ring (bicyclic) bond motifs is 1. The average Bonchev–Trinajstić information content (AvgIpc) is 3.41. The Kier molecular flexibility index (Phi) is 6.62. The number of azide groups is 1. The number of nitrogens with one attached hydrogen (secondary N) is 1. The number of allylic oxidation sites excluding steroid dienone is 1. The molecule has 1 unspecified atom stereocenters. The Bertz CT molecular complexity index is 903. The molecule has 0 aromatic carbocycles. The molecule has 29 heavy (non-hydrogen) atoms. The number of aliphatic hydroxyl groups is 2. The number of aromatic amines is 1. The number of H-pyrrole nitrogens is 1. The minimum Gasteiger partial charge on any atom is -0.876 e. The summed E-state index contributed by atoms with van der Waals surface area (Å²) in [6, 6.07) is 0. The molecule has 156 valence electrons. The van der Waals surface area contributed by atoms with Crippen molar-refractivity contribution in [2.45, 2.75) is 43.8 Å². The summed E-state index contributed by atoms with van der Waals surface area (Å²) in [7, 11) is 0. The summed E-state index contributed by atoms with van der Waals surface area (Å²) in [5.74, 6) is 0.107. The quantitative estimate of drug-likeness (QED) is 0.203. The first-order chi connectivity index (χ1) is 13.9. The zero-order chi connectivity index (χ0) is 21.0. The number of aliphatic hydroxyl groups excluding tert-OH is 2. The molecule has 0 saturated carbocycles. The fourth-order valence-electron chi connectivity index (χ4n) is 3.40. The summed E-state index contributed by atoms with van der Waals surface area (Å²) >= 11 is 0. The average molecular weight is 405 g/mol. The Morgan fingerprint density at radius 3 is 2.90 bits per heavy atom. The fraction of sp³-hybridized carbons (Fsp3) is 0.588. The van der Waals surface area contributed by atoms with Gasteiger partial charge in [0.25, 0.3) is 0 Å². The molecule has 2 aliphatic rings. The van der Waals surface area contributed by atoms with E-state index in [0.29, 0.717) is 18.9 Å². The highest BCUT2D eigenvalue weighted by Gasteiger charge is 2.46. The second-order valence-electron chi connectivity index (χ2n) is 6.86. The van der Waals surface area contributed by atoms with Crippen molar-refractivity contribution in [1.29, 1.82) is 0 Å². The van der Waals surface area contributed by atoms with E-state index >= 15 is 0 Å². The van der Waals surface area contributed by atoms with Crippen LogP contribution in [0.4, 0.5) is 0 Å². The highest BCUT2D eigenvalue weighted by Crippen LogP contribution is 2.29. The van der Waals surface area contributed by atoms with E-state index in [-0.39, 0.29) is 18.2 Å². The van der Waals surface area contributed by atoms with Crippen molar-refractivity contribution in [2.75, 3.05) is 19.8 Å². The zero-order valence-electron chi connectivity index (χ0n) is 15.9. The van der Waals surface area contributed by atoms with Gasteiger partial charge in [0.1, 0.15) is 12.2 Å². The van der Waals surface area contributed by atoms with Gasteiger partial charge in [-0.2, -0.15) is 0 Å². The maximum Gasteiger partial charge on any atom is 0.307 e. The van der Waals surface area contributed by atoms with Crippen molar-refractivity contribution in [3.8, 4) is 0 Å². The standard InChI is InChI=1S/C14H17N7O4.C3H6O/c15-20-19-3-8-11(22)12(23)14(25-8)21-6-18-10-9(7-1-2-24-4-7)16-5-17-13(10)21;1-3(2)4/h5-8,11-12,14,22-23H,1-4H2;4H,1H2,2H3/t7?,8-,11+,12+,14-;/m1./s1. The van der Waals surface area contributed by atoms with Crippen LogP contribution in [0, 0.1) is 0 Å². The van der Waals surface area contributed by atoms with Gasteiger partial charge in [-0.25, -0.2) is 9.55 Å². The number of hydrogen-bond donors (Lipinski definition) is 3. The normalized spacial score (nSPS) is 28.6. The third kappa shape index (κ3) is 4.47. The number of imidazole rings is 1. The predicted molar refractivity (Wildman–Crippen MR) is 97.0 cm³/mol. The second-order valence-corrected chi connectivity index (χ2v) is 6.86. The smallest absolute Gasteiger partial charge is 0.307 e. The van der Waals surface area contributed by atoms with Gasteiger partial charge < -0.3 is 24.8 Å². The molecule has 0 amide bonds. The van der Waals surface area contributed by atoms with E-state index in [1.807, 2.05) is 0 Å². The molecular weight excluding hydrogens is 382 g/mol. The lowest BCUT2D eigenvalue weighted by Gasteiger charge is -2.12. The van der Waals surface area contributed by atoms with Crippen LogP contribution in [0.1, 0.15) is 31.2 Å². The van der Waals surface area contributed by atoms with Crippen LogP contribution in [0.15, 0.2) is 30.1 Å². The Morgan fingerprint density at radius 1 is 1.48 bits per heavy atom. The molecule has 2 aliphatic heterocycles. The van der Waals surface area contributed by atoms with Crippen molar-refractivity contribution in [3.05, 3.63) is 41.1 Å². The van der Waals surface area contributed by atoms with Gasteiger partial charge in [0.05, 0.1) is 24.9 Å². The highest BCUT2D eigenvalue weighted by molar-refractivity contribution is 5.69. The summed E-state index contributed by atoms with van der Waals surface area (Å²) < 4.78 is 12.8. The van der Waals surface area contributed by atoms with Gasteiger partial charge in [0.15, 0.2) is 18.2 Å². The number of ether oxygens (including phenoxy) is 2. The van der Waals surface area contributed by atoms with E-state index in [4.69, 9.17) is 15.0 Å². The molecule has 0 radical (unpaired) electrons. The third-order valence-electron chi connectivity index (χ3n) is 4.70. The lowest BCUT2D eigenvalue weighted by Crippen LogP contribution is -2.45. The van der Waals surface area contributed by atoms with E-state index in [1.165, 1.54) is 13.3 Å². The van der Waals surface area contributed by atoms with E-state index in [0.717, 1.165) is 17.6 Å². The first-order valence-electron chi connectivity index (χ1n) is 9.09. The van der Waals surface area contributed by atoms with Gasteiger partial charge in [-0.1, -0.05) is 17.0 Å². The van der Waals surface area contributed by atoms with E-state index in [9.17, 15) is 15.3 Å². The predicted octanol–water partition coefficient (Wildman–Crippen LogP) is -0.441. The first-order valence-corrected chi connectivity index (χ1v) is 9.09. The van der Waals surface area contributed by atoms with Gasteiger partial charge in [0.2, 0.25) is 6.23 Å². The summed E-state index contributed by atoms with van der Waals surface area (Å²) in [5.41, 5.74) is 10.6. The minimum atomic E-state index is -1.17. The van der Waals surface area contributed by atoms with Gasteiger partial charge in [-0.05, 0) is 12.0 Å². The van der Waals surface area contributed by atoms with Gasteiger partial charge in [-0.3, -0.25) is 4.98 Å². The molecule has 2 fully saturated rings. The molecule has 3 N–H and O–H groups in total. The van der Waals surface area contributed by atoms with Crippen molar-refractivity contribution in [1.82, 2.24) is 15.0 Å². The van der Waals surface area contributed by atoms with Crippen LogP contribution < -0.4 is 9.67 Å². The van der Waals surface area contributed by atoms with E-state index < -0.39 is 24.5 Å². The van der Waals surface area contributed by atoms with Gasteiger partial charge in [-0.15, -0.1) is 12.3 Å². The summed E-state index contributed by atoms with van der Waals surface area (Å²) in [6.07, 6.45) is 0.0440. The summed E-state index contributed by atoms with van der Waals surface area (Å²) in [6.45, 7) is 5.67. The maximum absolute atomic E-state index is 10.3. The first kappa shape index (κ1) is 21.0. The van der Waals surface area contributed by atoms with Crippen LogP contribution in [0.25, 0.3) is 21.6 Å². The van der Waals surface area contributed by atoms with Crippen LogP contribution in [-0.4, -0.2) is 63.2 Å². The van der Waals surface area contributed by atoms with Crippen LogP contribution in [0.3, 0.4) is 0 Å². The number of aromatic nitrogens is 4. The van der Waals surface area contributed by atoms with Crippen molar-refractivity contribution < 1.29 is 29.4 Å². The van der Waals surface area contributed by atoms with Crippen molar-refractivity contribution in [2.24, 2.45) is 5.11 Å². The maximum atomic E-state index is 10.3.